The molecule has 1 aromatic heterocycles. The number of aliphatic hydroxyl groups excluding tert-OH is 1. The van der Waals surface area contributed by atoms with Gasteiger partial charge in [0.1, 0.15) is 5.69 Å². The fourth-order valence-electron chi connectivity index (χ4n) is 3.09. The van der Waals surface area contributed by atoms with E-state index in [9.17, 15) is 15.0 Å². The normalized spacial score (nSPS) is 28.6. The van der Waals surface area contributed by atoms with Crippen molar-refractivity contribution in [1.82, 2.24) is 20.4 Å². The van der Waals surface area contributed by atoms with Gasteiger partial charge < -0.3 is 20.3 Å². The molecule has 122 valence electrons. The molecule has 1 amide bonds. The third-order valence-corrected chi connectivity index (χ3v) is 4.37. The Bertz CT molecular complexity index is 501. The Balaban J connectivity index is 1.54. The molecule has 2 aliphatic rings. The first-order valence-corrected chi connectivity index (χ1v) is 7.56. The molecule has 22 heavy (non-hydrogen) atoms. The second kappa shape index (κ2) is 6.33. The molecule has 8 nitrogen and oxygen atoms in total. The number of H-pyrrole nitrogens is 1. The number of hydrogen-bond acceptors (Lipinski definition) is 6. The van der Waals surface area contributed by atoms with E-state index in [1.165, 1.54) is 6.20 Å². The monoisotopic (exact) mass is 310 g/mol. The molecule has 3 rings (SSSR count). The minimum Gasteiger partial charge on any atom is -0.390 e. The second-order valence-electron chi connectivity index (χ2n) is 6.15. The Morgan fingerprint density at radius 3 is 2.95 bits per heavy atom. The first-order valence-electron chi connectivity index (χ1n) is 7.56. The van der Waals surface area contributed by atoms with E-state index >= 15 is 0 Å². The Morgan fingerprint density at radius 1 is 1.50 bits per heavy atom. The van der Waals surface area contributed by atoms with E-state index in [1.807, 2.05) is 4.90 Å². The number of nitrogens with one attached hydrogen (secondary N) is 2. The van der Waals surface area contributed by atoms with Crippen LogP contribution in [0, 0.1) is 0 Å². The fraction of sp³-hybridized carbons (Fsp3) is 0.714. The van der Waals surface area contributed by atoms with Gasteiger partial charge in [0.25, 0.3) is 5.91 Å². The number of likely N-dealkylation sites (tertiary alicyclic amines) is 1. The molecule has 2 saturated heterocycles. The summed E-state index contributed by atoms with van der Waals surface area (Å²) < 4.78 is 5.27. The number of rotatable bonds is 4. The maximum Gasteiger partial charge on any atom is 0.269 e. The smallest absolute Gasteiger partial charge is 0.269 e. The molecule has 0 aliphatic carbocycles. The predicted octanol–water partition coefficient (Wildman–Crippen LogP) is -1.27. The summed E-state index contributed by atoms with van der Waals surface area (Å²) in [5, 5.41) is 29.8. The zero-order chi connectivity index (χ0) is 15.6. The van der Waals surface area contributed by atoms with Crippen molar-refractivity contribution in [2.24, 2.45) is 0 Å². The number of carbonyl (C=O) groups is 1. The SMILES string of the molecule is O=C(N[C@@H]1CN(CC2(O)CCOCC2)C[C@H]1O)c1ccn[nH]1. The van der Waals surface area contributed by atoms with Crippen LogP contribution < -0.4 is 5.32 Å². The molecule has 0 aromatic carbocycles. The average molecular weight is 310 g/mol. The summed E-state index contributed by atoms with van der Waals surface area (Å²) in [6.07, 6.45) is 2.07. The molecule has 8 heteroatoms. The summed E-state index contributed by atoms with van der Waals surface area (Å²) in [6, 6.07) is 1.23. The lowest BCUT2D eigenvalue weighted by Gasteiger charge is -2.35. The summed E-state index contributed by atoms with van der Waals surface area (Å²) in [4.78, 5) is 14.0. The largest absolute Gasteiger partial charge is 0.390 e. The van der Waals surface area contributed by atoms with Crippen molar-refractivity contribution in [3.8, 4) is 0 Å². The molecule has 0 spiro atoms. The molecular formula is C14H22N4O4. The van der Waals surface area contributed by atoms with Crippen molar-refractivity contribution in [2.75, 3.05) is 32.8 Å². The third kappa shape index (κ3) is 3.46. The zero-order valence-corrected chi connectivity index (χ0v) is 12.4. The minimum absolute atomic E-state index is 0.284. The van der Waals surface area contributed by atoms with Crippen LogP contribution >= 0.6 is 0 Å². The second-order valence-corrected chi connectivity index (χ2v) is 6.15. The lowest BCUT2D eigenvalue weighted by Crippen LogP contribution is -2.47. The maximum absolute atomic E-state index is 12.0. The van der Waals surface area contributed by atoms with Gasteiger partial charge in [-0.25, -0.2) is 0 Å². The molecule has 2 atom stereocenters. The highest BCUT2D eigenvalue weighted by Crippen LogP contribution is 2.24. The first kappa shape index (κ1) is 15.4. The molecule has 2 aliphatic heterocycles. The van der Waals surface area contributed by atoms with E-state index in [0.29, 0.717) is 51.4 Å². The molecule has 3 heterocycles. The minimum atomic E-state index is -0.764. The number of carbonyl (C=O) groups excluding carboxylic acids is 1. The van der Waals surface area contributed by atoms with E-state index < -0.39 is 11.7 Å². The fourth-order valence-corrected chi connectivity index (χ4v) is 3.09. The van der Waals surface area contributed by atoms with Crippen LogP contribution in [0.25, 0.3) is 0 Å². The van der Waals surface area contributed by atoms with Gasteiger partial charge in [0.2, 0.25) is 0 Å². The van der Waals surface area contributed by atoms with Gasteiger partial charge in [-0.05, 0) is 6.07 Å². The summed E-state index contributed by atoms with van der Waals surface area (Å²) >= 11 is 0. The van der Waals surface area contributed by atoms with E-state index in [-0.39, 0.29) is 11.9 Å². The van der Waals surface area contributed by atoms with Gasteiger partial charge in [-0.2, -0.15) is 5.10 Å². The molecule has 0 bridgehead atoms. The Hall–Kier alpha value is -1.48. The predicted molar refractivity (Wildman–Crippen MR) is 77.3 cm³/mol. The van der Waals surface area contributed by atoms with Gasteiger partial charge in [0, 0.05) is 51.9 Å². The lowest BCUT2D eigenvalue weighted by atomic mass is 9.94. The number of nitrogens with zero attached hydrogens (tertiary/aromatic N) is 2. The third-order valence-electron chi connectivity index (χ3n) is 4.37. The van der Waals surface area contributed by atoms with E-state index in [4.69, 9.17) is 4.74 Å². The molecule has 2 fully saturated rings. The van der Waals surface area contributed by atoms with Crippen LogP contribution in [0.15, 0.2) is 12.3 Å². The topological polar surface area (TPSA) is 111 Å². The van der Waals surface area contributed by atoms with Crippen molar-refractivity contribution >= 4 is 5.91 Å². The van der Waals surface area contributed by atoms with Crippen molar-refractivity contribution in [3.63, 3.8) is 0 Å². The lowest BCUT2D eigenvalue weighted by molar-refractivity contribution is -0.0780. The van der Waals surface area contributed by atoms with Gasteiger partial charge in [0.15, 0.2) is 0 Å². The van der Waals surface area contributed by atoms with Gasteiger partial charge in [-0.3, -0.25) is 14.8 Å². The summed E-state index contributed by atoms with van der Waals surface area (Å²) in [6.45, 7) is 2.57. The van der Waals surface area contributed by atoms with Gasteiger partial charge >= 0.3 is 0 Å². The van der Waals surface area contributed by atoms with E-state index in [0.717, 1.165) is 0 Å². The molecule has 1 aromatic rings. The number of aliphatic hydroxyl groups is 2. The summed E-state index contributed by atoms with van der Waals surface area (Å²) in [5.41, 5.74) is -0.394. The highest BCUT2D eigenvalue weighted by atomic mass is 16.5. The quantitative estimate of drug-likeness (QED) is 0.552. The Labute approximate surface area is 128 Å². The van der Waals surface area contributed by atoms with Crippen molar-refractivity contribution in [2.45, 2.75) is 30.6 Å². The van der Waals surface area contributed by atoms with Gasteiger partial charge in [-0.1, -0.05) is 0 Å². The Morgan fingerprint density at radius 2 is 2.27 bits per heavy atom. The first-order chi connectivity index (χ1) is 10.6. The summed E-state index contributed by atoms with van der Waals surface area (Å²) in [7, 11) is 0. The molecular weight excluding hydrogens is 288 g/mol. The number of β-amino-alcohol motifs (C(OH)–C–C–N with tert-alkyl or cyclic N) is 2. The zero-order valence-electron chi connectivity index (χ0n) is 12.4. The molecule has 0 saturated carbocycles. The number of amides is 1. The van der Waals surface area contributed by atoms with Crippen LogP contribution in [0.1, 0.15) is 23.3 Å². The Kier molecular flexibility index (Phi) is 4.44. The maximum atomic E-state index is 12.0. The van der Waals surface area contributed by atoms with E-state index in [1.54, 1.807) is 6.07 Å². The highest BCUT2D eigenvalue weighted by Gasteiger charge is 2.38. The van der Waals surface area contributed by atoms with Crippen LogP contribution in [-0.4, -0.2) is 81.8 Å². The number of aromatic amines is 1. The highest BCUT2D eigenvalue weighted by molar-refractivity contribution is 5.92. The van der Waals surface area contributed by atoms with Crippen LogP contribution in [-0.2, 0) is 4.74 Å². The van der Waals surface area contributed by atoms with Gasteiger partial charge in [0.05, 0.1) is 17.7 Å². The average Bonchev–Trinajstić information content (AvgIpc) is 3.10. The number of aromatic nitrogens is 2. The van der Waals surface area contributed by atoms with Gasteiger partial charge in [-0.15, -0.1) is 0 Å². The molecule has 0 unspecified atom stereocenters. The standard InChI is InChI=1S/C14H22N4O4/c19-12-8-18(9-14(21)2-5-22-6-3-14)7-11(12)16-13(20)10-1-4-15-17-10/h1,4,11-12,19,21H,2-3,5-9H2,(H,15,17)(H,16,20)/t11-,12-/m1/s1. The van der Waals surface area contributed by atoms with Crippen LogP contribution in [0.3, 0.4) is 0 Å². The van der Waals surface area contributed by atoms with Crippen molar-refractivity contribution in [3.05, 3.63) is 18.0 Å². The van der Waals surface area contributed by atoms with E-state index in [2.05, 4.69) is 15.5 Å². The number of ether oxygens (including phenoxy) is 1. The molecule has 4 N–H and O–H groups in total. The van der Waals surface area contributed by atoms with Crippen molar-refractivity contribution in [1.29, 1.82) is 0 Å². The van der Waals surface area contributed by atoms with Crippen LogP contribution in [0.4, 0.5) is 0 Å². The molecule has 0 radical (unpaired) electrons. The van der Waals surface area contributed by atoms with Crippen LogP contribution in [0.2, 0.25) is 0 Å². The van der Waals surface area contributed by atoms with Crippen LogP contribution in [0.5, 0.6) is 0 Å². The summed E-state index contributed by atoms with van der Waals surface area (Å²) in [5.74, 6) is -0.284. The van der Waals surface area contributed by atoms with Crippen molar-refractivity contribution < 1.29 is 19.7 Å². The number of hydrogen-bond donors (Lipinski definition) is 4.